The lowest BCUT2D eigenvalue weighted by molar-refractivity contribution is 0.200. The maximum atomic E-state index is 5.10. The number of pyridine rings is 1. The molecule has 0 atom stereocenters. The van der Waals surface area contributed by atoms with E-state index < -0.39 is 0 Å². The second-order valence-corrected chi connectivity index (χ2v) is 5.51. The Morgan fingerprint density at radius 2 is 2.25 bits per heavy atom. The highest BCUT2D eigenvalue weighted by atomic mass is 16.5. The summed E-state index contributed by atoms with van der Waals surface area (Å²) in [6, 6.07) is 4.13. The lowest BCUT2D eigenvalue weighted by Gasteiger charge is -2.25. The van der Waals surface area contributed by atoms with Crippen molar-refractivity contribution in [2.75, 3.05) is 26.8 Å². The highest BCUT2D eigenvalue weighted by Gasteiger charge is 2.17. The van der Waals surface area contributed by atoms with Gasteiger partial charge in [0.15, 0.2) is 0 Å². The Balaban J connectivity index is 2.00. The predicted molar refractivity (Wildman–Crippen MR) is 83.5 cm³/mol. The van der Waals surface area contributed by atoms with E-state index in [0.717, 1.165) is 25.6 Å². The van der Waals surface area contributed by atoms with Gasteiger partial charge in [0.1, 0.15) is 0 Å². The largest absolute Gasteiger partial charge is 0.383 e. The van der Waals surface area contributed by atoms with Crippen molar-refractivity contribution in [2.24, 2.45) is 5.92 Å². The van der Waals surface area contributed by atoms with Gasteiger partial charge >= 0.3 is 0 Å². The van der Waals surface area contributed by atoms with Gasteiger partial charge in [0, 0.05) is 32.6 Å². The third kappa shape index (κ3) is 5.06. The van der Waals surface area contributed by atoms with Gasteiger partial charge in [-0.1, -0.05) is 37.0 Å². The molecule has 0 saturated heterocycles. The molecule has 0 unspecified atom stereocenters. The molecule has 20 heavy (non-hydrogen) atoms. The summed E-state index contributed by atoms with van der Waals surface area (Å²) in [5.74, 6) is 0.735. The smallest absolute Gasteiger partial charge is 0.0587 e. The number of hydrogen-bond donors (Lipinski definition) is 1. The topological polar surface area (TPSA) is 34.1 Å². The summed E-state index contributed by atoms with van der Waals surface area (Å²) in [5, 5.41) is 3.49. The number of hydrogen-bond acceptors (Lipinski definition) is 3. The number of rotatable bonds is 7. The number of ether oxygens (including phenoxy) is 1. The van der Waals surface area contributed by atoms with Crippen molar-refractivity contribution in [2.45, 2.75) is 32.1 Å². The van der Waals surface area contributed by atoms with Crippen LogP contribution in [0.1, 0.15) is 37.7 Å². The Kier molecular flexibility index (Phi) is 6.75. The maximum Gasteiger partial charge on any atom is 0.0587 e. The number of nitrogens with zero attached hydrogens (tertiary/aromatic N) is 1. The van der Waals surface area contributed by atoms with Gasteiger partial charge < -0.3 is 10.1 Å². The second kappa shape index (κ2) is 8.88. The molecule has 1 aliphatic carbocycles. The molecule has 3 heteroatoms. The van der Waals surface area contributed by atoms with Gasteiger partial charge in [-0.3, -0.25) is 4.98 Å². The fraction of sp³-hybridized carbons (Fsp3) is 0.588. The van der Waals surface area contributed by atoms with Gasteiger partial charge in [-0.2, -0.15) is 0 Å². The van der Waals surface area contributed by atoms with Crippen molar-refractivity contribution in [3.63, 3.8) is 0 Å². The minimum atomic E-state index is 0.735. The van der Waals surface area contributed by atoms with Crippen LogP contribution in [0.15, 0.2) is 30.1 Å². The Morgan fingerprint density at radius 3 is 2.95 bits per heavy atom. The van der Waals surface area contributed by atoms with Crippen LogP contribution < -0.4 is 5.32 Å². The molecule has 0 spiro atoms. The molecule has 0 aliphatic heterocycles. The van der Waals surface area contributed by atoms with Crippen molar-refractivity contribution in [3.8, 4) is 0 Å². The molecule has 2 rings (SSSR count). The van der Waals surface area contributed by atoms with E-state index in [1.165, 1.54) is 43.2 Å². The normalized spacial score (nSPS) is 17.4. The van der Waals surface area contributed by atoms with Crippen LogP contribution in [0.4, 0.5) is 0 Å². The predicted octanol–water partition coefficient (Wildman–Crippen LogP) is 3.28. The van der Waals surface area contributed by atoms with E-state index in [2.05, 4.69) is 22.4 Å². The van der Waals surface area contributed by atoms with Gasteiger partial charge in [0.25, 0.3) is 0 Å². The van der Waals surface area contributed by atoms with Crippen molar-refractivity contribution in [1.29, 1.82) is 0 Å². The molecular weight excluding hydrogens is 248 g/mol. The van der Waals surface area contributed by atoms with E-state index in [1.54, 1.807) is 7.11 Å². The van der Waals surface area contributed by atoms with Gasteiger partial charge in [-0.15, -0.1) is 0 Å². The standard InChI is InChI=1S/C17H26N2O/c1-20-11-10-19-14-17(16-7-3-2-4-8-16)12-15-6-5-9-18-13-15/h5-6,9,12-13,16,19H,2-4,7-8,10-11,14H2,1H3/b17-12-. The quantitative estimate of drug-likeness (QED) is 0.775. The third-order valence-corrected chi connectivity index (χ3v) is 3.98. The lowest BCUT2D eigenvalue weighted by atomic mass is 9.83. The maximum absolute atomic E-state index is 5.10. The SMILES string of the molecule is COCCNC/C(=C/c1cccnc1)C1CCCCC1. The van der Waals surface area contributed by atoms with Crippen LogP contribution in [0, 0.1) is 5.92 Å². The molecule has 0 aromatic carbocycles. The molecular formula is C17H26N2O. The summed E-state index contributed by atoms with van der Waals surface area (Å²) in [4.78, 5) is 4.21. The third-order valence-electron chi connectivity index (χ3n) is 3.98. The molecule has 1 saturated carbocycles. The van der Waals surface area contributed by atoms with Crippen LogP contribution in [0.2, 0.25) is 0 Å². The van der Waals surface area contributed by atoms with Crippen LogP contribution >= 0.6 is 0 Å². The molecule has 0 radical (unpaired) electrons. The van der Waals surface area contributed by atoms with Gasteiger partial charge in [-0.25, -0.2) is 0 Å². The van der Waals surface area contributed by atoms with E-state index in [1.807, 2.05) is 18.5 Å². The fourth-order valence-electron chi connectivity index (χ4n) is 2.87. The molecule has 110 valence electrons. The Labute approximate surface area is 122 Å². The molecule has 1 fully saturated rings. The van der Waals surface area contributed by atoms with E-state index in [-0.39, 0.29) is 0 Å². The molecule has 3 nitrogen and oxygen atoms in total. The molecule has 0 amide bonds. The Morgan fingerprint density at radius 1 is 1.40 bits per heavy atom. The van der Waals surface area contributed by atoms with E-state index in [0.29, 0.717) is 0 Å². The summed E-state index contributed by atoms with van der Waals surface area (Å²) in [6.45, 7) is 2.64. The van der Waals surface area contributed by atoms with Crippen LogP contribution in [-0.2, 0) is 4.74 Å². The fourth-order valence-corrected chi connectivity index (χ4v) is 2.87. The van der Waals surface area contributed by atoms with E-state index in [4.69, 9.17) is 4.74 Å². The number of aromatic nitrogens is 1. The zero-order valence-electron chi connectivity index (χ0n) is 12.5. The van der Waals surface area contributed by atoms with E-state index in [9.17, 15) is 0 Å². The summed E-state index contributed by atoms with van der Waals surface area (Å²) < 4.78 is 5.10. The zero-order chi connectivity index (χ0) is 14.0. The molecule has 1 N–H and O–H groups in total. The minimum Gasteiger partial charge on any atom is -0.383 e. The molecule has 1 aromatic heterocycles. The van der Waals surface area contributed by atoms with Gasteiger partial charge in [-0.05, 0) is 30.4 Å². The van der Waals surface area contributed by atoms with Crippen LogP contribution in [-0.4, -0.2) is 31.8 Å². The Bertz CT molecular complexity index is 397. The van der Waals surface area contributed by atoms with Crippen LogP contribution in [0.5, 0.6) is 0 Å². The van der Waals surface area contributed by atoms with Crippen molar-refractivity contribution >= 4 is 6.08 Å². The zero-order valence-corrected chi connectivity index (χ0v) is 12.5. The summed E-state index contributed by atoms with van der Waals surface area (Å²) in [7, 11) is 1.75. The van der Waals surface area contributed by atoms with Crippen molar-refractivity contribution < 1.29 is 4.74 Å². The number of nitrogens with one attached hydrogen (secondary N) is 1. The Hall–Kier alpha value is -1.19. The molecule has 1 aromatic rings. The second-order valence-electron chi connectivity index (χ2n) is 5.51. The highest BCUT2D eigenvalue weighted by Crippen LogP contribution is 2.30. The minimum absolute atomic E-state index is 0.735. The first-order valence-electron chi connectivity index (χ1n) is 7.70. The first kappa shape index (κ1) is 15.2. The molecule has 1 heterocycles. The highest BCUT2D eigenvalue weighted by molar-refractivity contribution is 5.52. The van der Waals surface area contributed by atoms with Crippen LogP contribution in [0.3, 0.4) is 0 Å². The summed E-state index contributed by atoms with van der Waals surface area (Å²) >= 11 is 0. The lowest BCUT2D eigenvalue weighted by Crippen LogP contribution is -2.25. The number of methoxy groups -OCH3 is 1. The van der Waals surface area contributed by atoms with E-state index >= 15 is 0 Å². The first-order valence-corrected chi connectivity index (χ1v) is 7.70. The van der Waals surface area contributed by atoms with Gasteiger partial charge in [0.2, 0.25) is 0 Å². The van der Waals surface area contributed by atoms with Crippen molar-refractivity contribution in [3.05, 3.63) is 35.7 Å². The monoisotopic (exact) mass is 274 g/mol. The molecule has 1 aliphatic rings. The molecule has 0 bridgehead atoms. The first-order chi connectivity index (χ1) is 9.90. The van der Waals surface area contributed by atoms with Crippen molar-refractivity contribution in [1.82, 2.24) is 10.3 Å². The summed E-state index contributed by atoms with van der Waals surface area (Å²) in [6.07, 6.45) is 12.9. The summed E-state index contributed by atoms with van der Waals surface area (Å²) in [5.41, 5.74) is 2.73. The van der Waals surface area contributed by atoms with Gasteiger partial charge in [0.05, 0.1) is 6.61 Å². The average Bonchev–Trinajstić information content (AvgIpc) is 2.52. The van der Waals surface area contributed by atoms with Crippen LogP contribution in [0.25, 0.3) is 6.08 Å². The average molecular weight is 274 g/mol.